The van der Waals surface area contributed by atoms with Crippen LogP contribution in [0.3, 0.4) is 0 Å². The minimum Gasteiger partial charge on any atom is -0.289 e. The monoisotopic (exact) mass is 206 g/mol. The molecule has 0 heterocycles. The number of benzene rings is 2. The molecule has 0 saturated carbocycles. The van der Waals surface area contributed by atoms with Gasteiger partial charge in [-0.1, -0.05) is 24.3 Å². The summed E-state index contributed by atoms with van der Waals surface area (Å²) in [6.45, 7) is 0. The van der Waals surface area contributed by atoms with Gasteiger partial charge in [-0.15, -0.1) is 0 Å². The summed E-state index contributed by atoms with van der Waals surface area (Å²) in [7, 11) is 0. The Morgan fingerprint density at radius 1 is 1.00 bits per heavy atom. The second-order valence-electron chi connectivity index (χ2n) is 3.31. The summed E-state index contributed by atoms with van der Waals surface area (Å²) >= 11 is 0. The number of hydrogen-bond donors (Lipinski definition) is 0. The number of nitriles is 1. The molecule has 0 bridgehead atoms. The average Bonchev–Trinajstić information content (AvgIpc) is 2.39. The maximum Gasteiger partial charge on any atom is 0.193 e. The summed E-state index contributed by atoms with van der Waals surface area (Å²) < 4.78 is 0. The summed E-state index contributed by atoms with van der Waals surface area (Å²) in [6, 6.07) is 18.3. The second kappa shape index (κ2) is 4.41. The lowest BCUT2D eigenvalue weighted by molar-refractivity contribution is 0.103. The Bertz CT molecular complexity index is 535. The maximum atomic E-state index is 11.9. The predicted octanol–water partition coefficient (Wildman–Crippen LogP) is 2.59. The topological polar surface area (TPSA) is 40.9 Å². The molecule has 1 radical (unpaired) electrons. The van der Waals surface area contributed by atoms with Crippen molar-refractivity contribution in [2.24, 2.45) is 0 Å². The highest BCUT2D eigenvalue weighted by atomic mass is 16.1. The molecule has 0 aromatic heterocycles. The lowest BCUT2D eigenvalue weighted by Gasteiger charge is -2.00. The predicted molar refractivity (Wildman–Crippen MR) is 59.9 cm³/mol. The zero-order valence-corrected chi connectivity index (χ0v) is 8.47. The molecule has 0 aliphatic heterocycles. The van der Waals surface area contributed by atoms with Crippen molar-refractivity contribution in [3.8, 4) is 6.07 Å². The lowest BCUT2D eigenvalue weighted by atomic mass is 10.0. The van der Waals surface area contributed by atoms with Gasteiger partial charge in [-0.05, 0) is 30.3 Å². The Hall–Kier alpha value is -2.40. The van der Waals surface area contributed by atoms with E-state index in [0.717, 1.165) is 0 Å². The zero-order valence-electron chi connectivity index (χ0n) is 8.47. The van der Waals surface area contributed by atoms with E-state index in [1.807, 2.05) is 6.07 Å². The van der Waals surface area contributed by atoms with E-state index in [2.05, 4.69) is 6.07 Å². The molecule has 2 aromatic rings. The number of nitrogens with zero attached hydrogens (tertiary/aromatic N) is 1. The Morgan fingerprint density at radius 3 is 2.12 bits per heavy atom. The van der Waals surface area contributed by atoms with Gasteiger partial charge < -0.3 is 0 Å². The molecule has 0 saturated heterocycles. The molecular formula is C14H8NO. The normalized spacial score (nSPS) is 9.44. The van der Waals surface area contributed by atoms with E-state index in [1.165, 1.54) is 0 Å². The second-order valence-corrected chi connectivity index (χ2v) is 3.31. The van der Waals surface area contributed by atoms with E-state index in [4.69, 9.17) is 5.26 Å². The number of hydrogen-bond acceptors (Lipinski definition) is 2. The molecule has 0 unspecified atom stereocenters. The van der Waals surface area contributed by atoms with Crippen molar-refractivity contribution in [2.75, 3.05) is 0 Å². The largest absolute Gasteiger partial charge is 0.289 e. The van der Waals surface area contributed by atoms with Crippen LogP contribution >= 0.6 is 0 Å². The maximum absolute atomic E-state index is 11.9. The molecule has 2 heteroatoms. The van der Waals surface area contributed by atoms with Crippen LogP contribution in [0.1, 0.15) is 21.5 Å². The van der Waals surface area contributed by atoms with Crippen LogP contribution in [0.15, 0.2) is 48.5 Å². The molecule has 0 fully saturated rings. The van der Waals surface area contributed by atoms with E-state index in [0.29, 0.717) is 16.7 Å². The van der Waals surface area contributed by atoms with Crippen molar-refractivity contribution in [1.29, 1.82) is 5.26 Å². The fraction of sp³-hybridized carbons (Fsp3) is 0. The van der Waals surface area contributed by atoms with Gasteiger partial charge in [0, 0.05) is 11.1 Å². The molecule has 0 spiro atoms. The summed E-state index contributed by atoms with van der Waals surface area (Å²) in [5.41, 5.74) is 1.77. The average molecular weight is 206 g/mol. The van der Waals surface area contributed by atoms with Crippen LogP contribution < -0.4 is 0 Å². The van der Waals surface area contributed by atoms with Crippen molar-refractivity contribution < 1.29 is 4.79 Å². The standard InChI is InChI=1S/C14H8NO/c15-10-11-6-8-13(9-7-11)14(16)12-4-2-1-3-5-12/h2-9H. The molecule has 0 aliphatic carbocycles. The Morgan fingerprint density at radius 2 is 1.56 bits per heavy atom. The molecule has 2 rings (SSSR count). The SMILES string of the molecule is N#Cc1ccc(C(=O)c2cc[c]cc2)cc1. The molecule has 0 atom stereocenters. The highest BCUT2D eigenvalue weighted by molar-refractivity contribution is 6.08. The Balaban J connectivity index is 2.32. The van der Waals surface area contributed by atoms with Gasteiger partial charge in [-0.25, -0.2) is 0 Å². The Kier molecular flexibility index (Phi) is 2.79. The van der Waals surface area contributed by atoms with E-state index < -0.39 is 0 Å². The number of carbonyl (C=O) groups excluding carboxylic acids is 1. The highest BCUT2D eigenvalue weighted by Gasteiger charge is 2.07. The van der Waals surface area contributed by atoms with Crippen LogP contribution in [0.2, 0.25) is 0 Å². The van der Waals surface area contributed by atoms with E-state index in [-0.39, 0.29) is 5.78 Å². The van der Waals surface area contributed by atoms with Gasteiger partial charge in [0.25, 0.3) is 0 Å². The molecule has 0 aliphatic rings. The summed E-state index contributed by atoms with van der Waals surface area (Å²) in [5, 5.41) is 8.65. The minimum atomic E-state index is -0.0431. The van der Waals surface area contributed by atoms with Crippen molar-refractivity contribution in [1.82, 2.24) is 0 Å². The van der Waals surface area contributed by atoms with E-state index in [9.17, 15) is 4.79 Å². The molecule has 2 nitrogen and oxygen atoms in total. The van der Waals surface area contributed by atoms with Crippen LogP contribution in [0.25, 0.3) is 0 Å². The fourth-order valence-electron chi connectivity index (χ4n) is 1.40. The molecule has 0 amide bonds. The fourth-order valence-corrected chi connectivity index (χ4v) is 1.40. The van der Waals surface area contributed by atoms with Gasteiger partial charge in [0.1, 0.15) is 0 Å². The summed E-state index contributed by atoms with van der Waals surface area (Å²) in [6.07, 6.45) is 0. The molecule has 16 heavy (non-hydrogen) atoms. The zero-order chi connectivity index (χ0) is 11.4. The number of carbonyl (C=O) groups is 1. The third-order valence-electron chi connectivity index (χ3n) is 2.26. The van der Waals surface area contributed by atoms with Gasteiger partial charge >= 0.3 is 0 Å². The van der Waals surface area contributed by atoms with Crippen molar-refractivity contribution >= 4 is 5.78 Å². The van der Waals surface area contributed by atoms with Gasteiger partial charge in [-0.3, -0.25) is 4.79 Å². The smallest absolute Gasteiger partial charge is 0.193 e. The van der Waals surface area contributed by atoms with Crippen molar-refractivity contribution in [2.45, 2.75) is 0 Å². The molecule has 2 aromatic carbocycles. The Labute approximate surface area is 93.8 Å². The van der Waals surface area contributed by atoms with Crippen LogP contribution in [-0.4, -0.2) is 5.78 Å². The third kappa shape index (κ3) is 1.99. The van der Waals surface area contributed by atoms with Crippen molar-refractivity contribution in [3.63, 3.8) is 0 Å². The molecular weight excluding hydrogens is 198 g/mol. The minimum absolute atomic E-state index is 0.0431. The first-order valence-corrected chi connectivity index (χ1v) is 4.82. The first-order chi connectivity index (χ1) is 7.81. The van der Waals surface area contributed by atoms with E-state index >= 15 is 0 Å². The van der Waals surface area contributed by atoms with Crippen molar-refractivity contribution in [3.05, 3.63) is 71.3 Å². The highest BCUT2D eigenvalue weighted by Crippen LogP contribution is 2.10. The van der Waals surface area contributed by atoms with Crippen LogP contribution in [0, 0.1) is 17.4 Å². The first-order valence-electron chi connectivity index (χ1n) is 4.82. The molecule has 0 N–H and O–H groups in total. The van der Waals surface area contributed by atoms with Crippen LogP contribution in [0.5, 0.6) is 0 Å². The summed E-state index contributed by atoms with van der Waals surface area (Å²) in [5.74, 6) is -0.0431. The van der Waals surface area contributed by atoms with Crippen LogP contribution in [0.4, 0.5) is 0 Å². The number of ketones is 1. The number of rotatable bonds is 2. The van der Waals surface area contributed by atoms with Crippen LogP contribution in [-0.2, 0) is 0 Å². The van der Waals surface area contributed by atoms with Gasteiger partial charge in [0.2, 0.25) is 0 Å². The van der Waals surface area contributed by atoms with E-state index in [1.54, 1.807) is 48.5 Å². The lowest BCUT2D eigenvalue weighted by Crippen LogP contribution is -2.00. The quantitative estimate of drug-likeness (QED) is 0.708. The van der Waals surface area contributed by atoms with Gasteiger partial charge in [0.15, 0.2) is 5.78 Å². The molecule has 75 valence electrons. The first kappa shape index (κ1) is 10.1. The van der Waals surface area contributed by atoms with Gasteiger partial charge in [0.05, 0.1) is 11.6 Å². The summed E-state index contributed by atoms with van der Waals surface area (Å²) in [4.78, 5) is 11.9. The van der Waals surface area contributed by atoms with Gasteiger partial charge in [-0.2, -0.15) is 5.26 Å². The third-order valence-corrected chi connectivity index (χ3v) is 2.26.